The van der Waals surface area contributed by atoms with Gasteiger partial charge in [0.15, 0.2) is 5.15 Å². The van der Waals surface area contributed by atoms with Crippen molar-refractivity contribution in [3.05, 3.63) is 35.1 Å². The van der Waals surface area contributed by atoms with E-state index in [2.05, 4.69) is 9.97 Å². The zero-order valence-corrected chi connectivity index (χ0v) is 8.03. The van der Waals surface area contributed by atoms with Crippen molar-refractivity contribution in [1.82, 2.24) is 9.97 Å². The SMILES string of the molecule is O=CCc1nc2ccccc2nc1Cl. The van der Waals surface area contributed by atoms with E-state index in [9.17, 15) is 4.79 Å². The van der Waals surface area contributed by atoms with E-state index < -0.39 is 0 Å². The fourth-order valence-electron chi connectivity index (χ4n) is 1.22. The van der Waals surface area contributed by atoms with Gasteiger partial charge in [0.25, 0.3) is 0 Å². The van der Waals surface area contributed by atoms with Crippen LogP contribution in [0.5, 0.6) is 0 Å². The lowest BCUT2D eigenvalue weighted by Gasteiger charge is -2.01. The summed E-state index contributed by atoms with van der Waals surface area (Å²) < 4.78 is 0. The lowest BCUT2D eigenvalue weighted by molar-refractivity contribution is -0.107. The number of aromatic nitrogens is 2. The van der Waals surface area contributed by atoms with Crippen molar-refractivity contribution in [2.24, 2.45) is 0 Å². The molecule has 0 saturated carbocycles. The summed E-state index contributed by atoms with van der Waals surface area (Å²) in [4.78, 5) is 18.7. The van der Waals surface area contributed by atoms with Crippen LogP contribution >= 0.6 is 11.6 Å². The van der Waals surface area contributed by atoms with Crippen molar-refractivity contribution in [2.75, 3.05) is 0 Å². The smallest absolute Gasteiger partial charge is 0.151 e. The molecule has 2 rings (SSSR count). The summed E-state index contributed by atoms with van der Waals surface area (Å²) in [5, 5.41) is 0.302. The largest absolute Gasteiger partial charge is 0.303 e. The summed E-state index contributed by atoms with van der Waals surface area (Å²) in [5.41, 5.74) is 2.03. The van der Waals surface area contributed by atoms with Gasteiger partial charge in [0.05, 0.1) is 16.7 Å². The molecule has 0 unspecified atom stereocenters. The zero-order valence-electron chi connectivity index (χ0n) is 7.27. The fourth-order valence-corrected chi connectivity index (χ4v) is 1.43. The number of hydrogen-bond donors (Lipinski definition) is 0. The van der Waals surface area contributed by atoms with Gasteiger partial charge in [-0.1, -0.05) is 23.7 Å². The molecule has 0 bridgehead atoms. The van der Waals surface area contributed by atoms with Gasteiger partial charge < -0.3 is 4.79 Å². The minimum Gasteiger partial charge on any atom is -0.303 e. The number of para-hydroxylation sites is 2. The van der Waals surface area contributed by atoms with Gasteiger partial charge in [-0.15, -0.1) is 0 Å². The van der Waals surface area contributed by atoms with Crippen molar-refractivity contribution in [3.8, 4) is 0 Å². The summed E-state index contributed by atoms with van der Waals surface area (Å²) in [6.07, 6.45) is 0.974. The van der Waals surface area contributed by atoms with Gasteiger partial charge in [0, 0.05) is 6.42 Å². The Morgan fingerprint density at radius 2 is 1.86 bits per heavy atom. The monoisotopic (exact) mass is 206 g/mol. The van der Waals surface area contributed by atoms with Crippen molar-refractivity contribution in [2.45, 2.75) is 6.42 Å². The Bertz CT molecular complexity index is 485. The van der Waals surface area contributed by atoms with E-state index in [1.54, 1.807) is 0 Å². The number of benzene rings is 1. The Hall–Kier alpha value is -1.48. The standard InChI is InChI=1S/C10H7ClN2O/c11-10-9(5-6-14)12-7-3-1-2-4-8(7)13-10/h1-4,6H,5H2. The summed E-state index contributed by atoms with van der Waals surface area (Å²) in [5.74, 6) is 0. The van der Waals surface area contributed by atoms with Crippen LogP contribution in [0.4, 0.5) is 0 Å². The minimum absolute atomic E-state index is 0.205. The second-order valence-corrected chi connectivity index (χ2v) is 3.18. The molecule has 0 fully saturated rings. The maximum Gasteiger partial charge on any atom is 0.151 e. The quantitative estimate of drug-likeness (QED) is 0.706. The van der Waals surface area contributed by atoms with E-state index in [1.165, 1.54) is 0 Å². The third-order valence-electron chi connectivity index (χ3n) is 1.87. The first kappa shape index (κ1) is 9.09. The second kappa shape index (κ2) is 3.72. The molecular formula is C10H7ClN2O. The third kappa shape index (κ3) is 1.59. The maximum absolute atomic E-state index is 10.3. The van der Waals surface area contributed by atoms with Gasteiger partial charge in [0.2, 0.25) is 0 Å². The van der Waals surface area contributed by atoms with Crippen LogP contribution in [-0.4, -0.2) is 16.3 Å². The Morgan fingerprint density at radius 1 is 1.21 bits per heavy atom. The molecule has 70 valence electrons. The number of rotatable bonds is 2. The maximum atomic E-state index is 10.3. The van der Waals surface area contributed by atoms with E-state index in [1.807, 2.05) is 24.3 Å². The molecule has 1 aromatic heterocycles. The predicted octanol–water partition coefficient (Wildman–Crippen LogP) is 2.02. The average molecular weight is 207 g/mol. The van der Waals surface area contributed by atoms with Crippen LogP contribution in [0.2, 0.25) is 5.15 Å². The first-order chi connectivity index (χ1) is 6.81. The molecule has 0 N–H and O–H groups in total. The Balaban J connectivity index is 2.64. The number of aldehydes is 1. The first-order valence-corrected chi connectivity index (χ1v) is 4.54. The predicted molar refractivity (Wildman–Crippen MR) is 54.3 cm³/mol. The Labute approximate surface area is 85.7 Å². The summed E-state index contributed by atoms with van der Waals surface area (Å²) in [7, 11) is 0. The lowest BCUT2D eigenvalue weighted by Crippen LogP contribution is -1.96. The summed E-state index contributed by atoms with van der Waals surface area (Å²) in [6.45, 7) is 0. The molecule has 4 heteroatoms. The number of carbonyl (C=O) groups is 1. The van der Waals surface area contributed by atoms with Crippen LogP contribution < -0.4 is 0 Å². The third-order valence-corrected chi connectivity index (χ3v) is 2.17. The topological polar surface area (TPSA) is 42.9 Å². The summed E-state index contributed by atoms with van der Waals surface area (Å²) >= 11 is 5.85. The van der Waals surface area contributed by atoms with Crippen LogP contribution in [0.1, 0.15) is 5.69 Å². The molecular weight excluding hydrogens is 200 g/mol. The molecule has 0 atom stereocenters. The highest BCUT2D eigenvalue weighted by Crippen LogP contribution is 2.16. The highest BCUT2D eigenvalue weighted by atomic mass is 35.5. The number of nitrogens with zero attached hydrogens (tertiary/aromatic N) is 2. The molecule has 1 heterocycles. The zero-order chi connectivity index (χ0) is 9.97. The van der Waals surface area contributed by atoms with E-state index in [0.717, 1.165) is 17.3 Å². The van der Waals surface area contributed by atoms with Crippen LogP contribution in [0, 0.1) is 0 Å². The second-order valence-electron chi connectivity index (χ2n) is 2.82. The van der Waals surface area contributed by atoms with Crippen LogP contribution in [0.25, 0.3) is 11.0 Å². The van der Waals surface area contributed by atoms with E-state index in [4.69, 9.17) is 11.6 Å². The molecule has 0 aliphatic carbocycles. The molecule has 0 spiro atoms. The van der Waals surface area contributed by atoms with Gasteiger partial charge >= 0.3 is 0 Å². The molecule has 2 aromatic rings. The van der Waals surface area contributed by atoms with Crippen LogP contribution in [-0.2, 0) is 11.2 Å². The highest BCUT2D eigenvalue weighted by molar-refractivity contribution is 6.30. The van der Waals surface area contributed by atoms with Crippen molar-refractivity contribution < 1.29 is 4.79 Å². The van der Waals surface area contributed by atoms with E-state index in [-0.39, 0.29) is 6.42 Å². The normalized spacial score (nSPS) is 10.4. The van der Waals surface area contributed by atoms with E-state index in [0.29, 0.717) is 10.8 Å². The molecule has 0 radical (unpaired) electrons. The first-order valence-electron chi connectivity index (χ1n) is 4.16. The van der Waals surface area contributed by atoms with Crippen molar-refractivity contribution in [3.63, 3.8) is 0 Å². The Morgan fingerprint density at radius 3 is 2.50 bits per heavy atom. The number of carbonyl (C=O) groups excluding carboxylic acids is 1. The van der Waals surface area contributed by atoms with Gasteiger partial charge in [-0.05, 0) is 12.1 Å². The molecule has 0 aliphatic rings. The fraction of sp³-hybridized carbons (Fsp3) is 0.100. The van der Waals surface area contributed by atoms with Crippen LogP contribution in [0.3, 0.4) is 0 Å². The van der Waals surface area contributed by atoms with Gasteiger partial charge in [0.1, 0.15) is 6.29 Å². The van der Waals surface area contributed by atoms with Gasteiger partial charge in [-0.3, -0.25) is 0 Å². The van der Waals surface area contributed by atoms with Gasteiger partial charge in [-0.25, -0.2) is 9.97 Å². The molecule has 0 saturated heterocycles. The molecule has 14 heavy (non-hydrogen) atoms. The van der Waals surface area contributed by atoms with Gasteiger partial charge in [-0.2, -0.15) is 0 Å². The average Bonchev–Trinajstić information content (AvgIpc) is 2.19. The molecule has 0 aliphatic heterocycles. The van der Waals surface area contributed by atoms with Crippen molar-refractivity contribution in [1.29, 1.82) is 0 Å². The Kier molecular flexibility index (Phi) is 2.41. The number of hydrogen-bond acceptors (Lipinski definition) is 3. The lowest BCUT2D eigenvalue weighted by atomic mass is 10.3. The van der Waals surface area contributed by atoms with E-state index >= 15 is 0 Å². The van der Waals surface area contributed by atoms with Crippen molar-refractivity contribution >= 4 is 28.9 Å². The number of halogens is 1. The summed E-state index contributed by atoms with van der Waals surface area (Å²) in [6, 6.07) is 7.41. The molecule has 3 nitrogen and oxygen atoms in total. The number of fused-ring (bicyclic) bond motifs is 1. The van der Waals surface area contributed by atoms with Crippen LogP contribution in [0.15, 0.2) is 24.3 Å². The molecule has 1 aromatic carbocycles. The highest BCUT2D eigenvalue weighted by Gasteiger charge is 2.05. The molecule has 0 amide bonds. The minimum atomic E-state index is 0.205.